The lowest BCUT2D eigenvalue weighted by atomic mass is 10.00. The van der Waals surface area contributed by atoms with Crippen molar-refractivity contribution in [3.05, 3.63) is 42.0 Å². The molecule has 1 aromatic carbocycles. The summed E-state index contributed by atoms with van der Waals surface area (Å²) in [5, 5.41) is 18.6. The molecule has 0 aromatic heterocycles. The molecule has 0 aliphatic rings. The van der Waals surface area contributed by atoms with Crippen molar-refractivity contribution < 1.29 is 10.2 Å². The van der Waals surface area contributed by atoms with Crippen LogP contribution >= 0.6 is 0 Å². The summed E-state index contributed by atoms with van der Waals surface area (Å²) in [6.07, 6.45) is 1.59. The minimum atomic E-state index is -0.0157. The van der Waals surface area contributed by atoms with Crippen molar-refractivity contribution in [3.8, 4) is 5.75 Å². The van der Waals surface area contributed by atoms with Gasteiger partial charge in [-0.15, -0.1) is 0 Å². The highest BCUT2D eigenvalue weighted by molar-refractivity contribution is 5.72. The standard InChI is InChI=1S/C11H12O2/c1-4-9-7(2)11(13)6-5-10(9)8(3)12/h4-6,12-13H,1,3H2,2H3. The Kier molecular flexibility index (Phi) is 2.42. The predicted molar refractivity (Wildman–Crippen MR) is 54.6 cm³/mol. The molecule has 0 unspecified atom stereocenters. The Hall–Kier alpha value is -1.70. The van der Waals surface area contributed by atoms with E-state index in [1.165, 1.54) is 6.07 Å². The first-order valence-electron chi connectivity index (χ1n) is 3.91. The predicted octanol–water partition coefficient (Wildman–Crippen LogP) is 2.87. The number of phenolic OH excluding ortho intramolecular Hbond substituents is 1. The molecular formula is C11H12O2. The fraction of sp³-hybridized carbons (Fsp3) is 0.0909. The van der Waals surface area contributed by atoms with E-state index in [4.69, 9.17) is 0 Å². The van der Waals surface area contributed by atoms with Crippen molar-refractivity contribution in [1.29, 1.82) is 0 Å². The summed E-state index contributed by atoms with van der Waals surface area (Å²) >= 11 is 0. The lowest BCUT2D eigenvalue weighted by Gasteiger charge is -2.08. The molecular weight excluding hydrogens is 164 g/mol. The van der Waals surface area contributed by atoms with Crippen molar-refractivity contribution in [3.63, 3.8) is 0 Å². The van der Waals surface area contributed by atoms with E-state index in [0.717, 1.165) is 0 Å². The van der Waals surface area contributed by atoms with Crippen LogP contribution in [0.5, 0.6) is 5.75 Å². The Morgan fingerprint density at radius 3 is 2.54 bits per heavy atom. The zero-order chi connectivity index (χ0) is 10.0. The van der Waals surface area contributed by atoms with Gasteiger partial charge in [0.05, 0.1) is 0 Å². The second kappa shape index (κ2) is 3.35. The van der Waals surface area contributed by atoms with Crippen molar-refractivity contribution in [2.75, 3.05) is 0 Å². The van der Waals surface area contributed by atoms with Crippen LogP contribution in [0.25, 0.3) is 11.8 Å². The third-order valence-corrected chi connectivity index (χ3v) is 2.00. The molecule has 1 rings (SSSR count). The third kappa shape index (κ3) is 1.56. The quantitative estimate of drug-likeness (QED) is 0.680. The molecule has 0 atom stereocenters. The summed E-state index contributed by atoms with van der Waals surface area (Å²) in [7, 11) is 0. The zero-order valence-corrected chi connectivity index (χ0v) is 7.54. The molecule has 0 spiro atoms. The third-order valence-electron chi connectivity index (χ3n) is 2.00. The van der Waals surface area contributed by atoms with Crippen LogP contribution in [0.2, 0.25) is 0 Å². The number of hydrogen-bond donors (Lipinski definition) is 2. The van der Waals surface area contributed by atoms with Crippen LogP contribution in [0.4, 0.5) is 0 Å². The number of aromatic hydroxyl groups is 1. The first-order chi connectivity index (χ1) is 6.07. The maximum Gasteiger partial charge on any atom is 0.119 e. The SMILES string of the molecule is C=Cc1c(C(=C)O)ccc(O)c1C. The number of benzene rings is 1. The minimum absolute atomic E-state index is 0.0157. The van der Waals surface area contributed by atoms with Crippen LogP contribution < -0.4 is 0 Å². The largest absolute Gasteiger partial charge is 0.508 e. The van der Waals surface area contributed by atoms with E-state index in [-0.39, 0.29) is 11.5 Å². The van der Waals surface area contributed by atoms with E-state index in [1.807, 2.05) is 0 Å². The van der Waals surface area contributed by atoms with E-state index in [0.29, 0.717) is 16.7 Å². The molecule has 68 valence electrons. The van der Waals surface area contributed by atoms with Crippen molar-refractivity contribution in [2.45, 2.75) is 6.92 Å². The van der Waals surface area contributed by atoms with Crippen molar-refractivity contribution in [2.24, 2.45) is 0 Å². The Morgan fingerprint density at radius 2 is 2.08 bits per heavy atom. The topological polar surface area (TPSA) is 40.5 Å². The molecule has 0 bridgehead atoms. The molecule has 1 aromatic rings. The maximum absolute atomic E-state index is 9.38. The van der Waals surface area contributed by atoms with Crippen molar-refractivity contribution >= 4 is 11.8 Å². The molecule has 13 heavy (non-hydrogen) atoms. The van der Waals surface area contributed by atoms with Crippen LogP contribution in [-0.2, 0) is 0 Å². The normalized spacial score (nSPS) is 9.62. The molecule has 0 amide bonds. The highest BCUT2D eigenvalue weighted by Gasteiger charge is 2.07. The first kappa shape index (κ1) is 9.39. The molecule has 2 nitrogen and oxygen atoms in total. The molecule has 0 fully saturated rings. The molecule has 0 aliphatic heterocycles. The van der Waals surface area contributed by atoms with Crippen LogP contribution in [0.1, 0.15) is 16.7 Å². The Morgan fingerprint density at radius 1 is 1.46 bits per heavy atom. The number of hydrogen-bond acceptors (Lipinski definition) is 2. The lowest BCUT2D eigenvalue weighted by molar-refractivity contribution is 0.470. The van der Waals surface area contributed by atoms with Gasteiger partial charge in [0.15, 0.2) is 0 Å². The molecule has 2 N–H and O–H groups in total. The summed E-state index contributed by atoms with van der Waals surface area (Å²) in [5.74, 6) is 0.179. The van der Waals surface area contributed by atoms with Crippen LogP contribution in [0.3, 0.4) is 0 Å². The van der Waals surface area contributed by atoms with Crippen LogP contribution in [0, 0.1) is 6.92 Å². The Bertz CT molecular complexity index is 365. The highest BCUT2D eigenvalue weighted by atomic mass is 16.3. The molecule has 0 radical (unpaired) electrons. The zero-order valence-electron chi connectivity index (χ0n) is 7.54. The van der Waals surface area contributed by atoms with Crippen LogP contribution in [0.15, 0.2) is 25.3 Å². The second-order valence-corrected chi connectivity index (χ2v) is 2.82. The first-order valence-corrected chi connectivity index (χ1v) is 3.91. The number of aliphatic hydroxyl groups is 1. The molecule has 2 heteroatoms. The van der Waals surface area contributed by atoms with E-state index in [2.05, 4.69) is 13.2 Å². The van der Waals surface area contributed by atoms with Gasteiger partial charge in [0.25, 0.3) is 0 Å². The van der Waals surface area contributed by atoms with Gasteiger partial charge in [0.2, 0.25) is 0 Å². The van der Waals surface area contributed by atoms with Gasteiger partial charge in [-0.05, 0) is 30.2 Å². The molecule has 0 aliphatic carbocycles. The number of phenols is 1. The van der Waals surface area contributed by atoms with E-state index >= 15 is 0 Å². The maximum atomic E-state index is 9.38. The molecule has 0 saturated heterocycles. The summed E-state index contributed by atoms with van der Waals surface area (Å²) < 4.78 is 0. The second-order valence-electron chi connectivity index (χ2n) is 2.82. The van der Waals surface area contributed by atoms with Gasteiger partial charge in [-0.3, -0.25) is 0 Å². The van der Waals surface area contributed by atoms with E-state index in [1.54, 1.807) is 19.1 Å². The van der Waals surface area contributed by atoms with Gasteiger partial charge in [-0.2, -0.15) is 0 Å². The van der Waals surface area contributed by atoms with Gasteiger partial charge in [0, 0.05) is 5.56 Å². The lowest BCUT2D eigenvalue weighted by Crippen LogP contribution is -1.90. The van der Waals surface area contributed by atoms with E-state index in [9.17, 15) is 10.2 Å². The highest BCUT2D eigenvalue weighted by Crippen LogP contribution is 2.27. The Labute approximate surface area is 77.5 Å². The van der Waals surface area contributed by atoms with Gasteiger partial charge >= 0.3 is 0 Å². The Balaban J connectivity index is 3.47. The van der Waals surface area contributed by atoms with E-state index < -0.39 is 0 Å². The summed E-state index contributed by atoms with van der Waals surface area (Å²) in [6.45, 7) is 8.81. The van der Waals surface area contributed by atoms with Gasteiger partial charge in [-0.1, -0.05) is 19.2 Å². The smallest absolute Gasteiger partial charge is 0.119 e. The molecule has 0 saturated carbocycles. The van der Waals surface area contributed by atoms with Crippen LogP contribution in [-0.4, -0.2) is 10.2 Å². The fourth-order valence-electron chi connectivity index (χ4n) is 1.23. The summed E-state index contributed by atoms with van der Waals surface area (Å²) in [5.41, 5.74) is 2.01. The van der Waals surface area contributed by atoms with Gasteiger partial charge in [0.1, 0.15) is 11.5 Å². The average molecular weight is 176 g/mol. The van der Waals surface area contributed by atoms with Gasteiger partial charge in [-0.25, -0.2) is 0 Å². The average Bonchev–Trinajstić information content (AvgIpc) is 2.09. The monoisotopic (exact) mass is 176 g/mol. The summed E-state index contributed by atoms with van der Waals surface area (Å²) in [4.78, 5) is 0. The summed E-state index contributed by atoms with van der Waals surface area (Å²) in [6, 6.07) is 3.14. The number of rotatable bonds is 2. The fourth-order valence-corrected chi connectivity index (χ4v) is 1.23. The minimum Gasteiger partial charge on any atom is -0.508 e. The van der Waals surface area contributed by atoms with Crippen molar-refractivity contribution in [1.82, 2.24) is 0 Å². The van der Waals surface area contributed by atoms with Gasteiger partial charge < -0.3 is 10.2 Å². The number of aliphatic hydroxyl groups excluding tert-OH is 1. The molecule has 0 heterocycles.